The van der Waals surface area contributed by atoms with Crippen LogP contribution in [0.25, 0.3) is 0 Å². The van der Waals surface area contributed by atoms with E-state index in [0.29, 0.717) is 0 Å². The third-order valence-electron chi connectivity index (χ3n) is 4.16. The van der Waals surface area contributed by atoms with Crippen LogP contribution in [0.1, 0.15) is 24.8 Å². The molecule has 23 heavy (non-hydrogen) atoms. The largest absolute Gasteiger partial charge is 0.492 e. The lowest BCUT2D eigenvalue weighted by Crippen LogP contribution is -2.40. The molecule has 0 aliphatic carbocycles. The number of guanidine groups is 1. The van der Waals surface area contributed by atoms with Gasteiger partial charge in [0.25, 0.3) is 0 Å². The molecule has 2 aliphatic heterocycles. The molecule has 0 aromatic heterocycles. The molecule has 2 heterocycles. The molecule has 6 heteroatoms. The lowest BCUT2D eigenvalue weighted by molar-refractivity contribution is 0.238. The van der Waals surface area contributed by atoms with Crippen molar-refractivity contribution in [2.75, 3.05) is 39.3 Å². The number of benzene rings is 1. The fourth-order valence-electron chi connectivity index (χ4n) is 2.84. The monoisotopic (exact) mass is 430 g/mol. The highest BCUT2D eigenvalue weighted by molar-refractivity contribution is 14.0. The molecule has 0 spiro atoms. The van der Waals surface area contributed by atoms with Crippen molar-refractivity contribution in [1.29, 1.82) is 0 Å². The molecule has 1 saturated heterocycles. The van der Waals surface area contributed by atoms with E-state index in [4.69, 9.17) is 4.74 Å². The van der Waals surface area contributed by atoms with Crippen LogP contribution < -0.4 is 15.4 Å². The van der Waals surface area contributed by atoms with Gasteiger partial charge in [-0.15, -0.1) is 24.0 Å². The number of nitrogens with one attached hydrogen (secondary N) is 2. The average Bonchev–Trinajstić information content (AvgIpc) is 3.08. The van der Waals surface area contributed by atoms with Crippen LogP contribution in [-0.4, -0.2) is 50.2 Å². The van der Waals surface area contributed by atoms with Crippen molar-refractivity contribution in [2.24, 2.45) is 4.99 Å². The summed E-state index contributed by atoms with van der Waals surface area (Å²) in [6.07, 6.45) is 3.79. The quantitative estimate of drug-likeness (QED) is 0.680. The van der Waals surface area contributed by atoms with E-state index in [2.05, 4.69) is 44.8 Å². The molecule has 128 valence electrons. The fourth-order valence-corrected chi connectivity index (χ4v) is 2.84. The molecule has 1 aromatic rings. The summed E-state index contributed by atoms with van der Waals surface area (Å²) in [4.78, 5) is 6.87. The van der Waals surface area contributed by atoms with Gasteiger partial charge in [0.05, 0.1) is 0 Å². The van der Waals surface area contributed by atoms with Gasteiger partial charge in [0.1, 0.15) is 12.4 Å². The molecule has 0 radical (unpaired) electrons. The lowest BCUT2D eigenvalue weighted by atomic mass is 10.2. The van der Waals surface area contributed by atoms with Crippen LogP contribution >= 0.6 is 24.0 Å². The minimum absolute atomic E-state index is 0. The maximum absolute atomic E-state index is 5.82. The number of ether oxygens (including phenoxy) is 1. The van der Waals surface area contributed by atoms with E-state index in [-0.39, 0.29) is 24.0 Å². The van der Waals surface area contributed by atoms with Crippen LogP contribution in [0.4, 0.5) is 0 Å². The normalized spacial score (nSPS) is 17.8. The molecule has 5 nitrogen and oxygen atoms in total. The Labute approximate surface area is 155 Å². The van der Waals surface area contributed by atoms with Gasteiger partial charge >= 0.3 is 0 Å². The molecular formula is C17H27IN4O. The summed E-state index contributed by atoms with van der Waals surface area (Å²) in [6.45, 7) is 6.99. The molecule has 0 unspecified atom stereocenters. The summed E-state index contributed by atoms with van der Waals surface area (Å²) in [7, 11) is 0. The summed E-state index contributed by atoms with van der Waals surface area (Å²) in [5.74, 6) is 1.87. The zero-order valence-corrected chi connectivity index (χ0v) is 15.9. The molecule has 1 fully saturated rings. The Morgan fingerprint density at radius 1 is 1.13 bits per heavy atom. The van der Waals surface area contributed by atoms with Gasteiger partial charge < -0.3 is 15.4 Å². The maximum Gasteiger partial charge on any atom is 0.191 e. The highest BCUT2D eigenvalue weighted by Crippen LogP contribution is 2.13. The Bertz CT molecular complexity index is 486. The van der Waals surface area contributed by atoms with Crippen molar-refractivity contribution in [1.82, 2.24) is 15.5 Å². The minimum atomic E-state index is 0. The topological polar surface area (TPSA) is 48.9 Å². The van der Waals surface area contributed by atoms with E-state index in [1.165, 1.54) is 31.5 Å². The number of rotatable bonds is 6. The highest BCUT2D eigenvalue weighted by atomic mass is 127. The standard InChI is InChI=1S/C17H26N4O.HI/c1-2-11-21(10-1)12-13-22-16-6-4-15(5-7-16)14-20-17-18-8-3-9-19-17;/h4-7H,1-3,8-14H2,(H2,18,19,20);1H. The minimum Gasteiger partial charge on any atom is -0.492 e. The summed E-state index contributed by atoms with van der Waals surface area (Å²) < 4.78 is 5.82. The van der Waals surface area contributed by atoms with Gasteiger partial charge in [-0.05, 0) is 50.0 Å². The molecule has 3 rings (SSSR count). The van der Waals surface area contributed by atoms with Crippen LogP contribution in [0, 0.1) is 0 Å². The molecular weight excluding hydrogens is 403 g/mol. The van der Waals surface area contributed by atoms with Crippen LogP contribution in [0.15, 0.2) is 29.3 Å². The molecule has 0 atom stereocenters. The Hall–Kier alpha value is -1.02. The van der Waals surface area contributed by atoms with E-state index in [9.17, 15) is 0 Å². The number of hydrogen-bond donors (Lipinski definition) is 2. The zero-order chi connectivity index (χ0) is 15.0. The van der Waals surface area contributed by atoms with Crippen LogP contribution in [0.2, 0.25) is 0 Å². The number of hydrogen-bond acceptors (Lipinski definition) is 5. The van der Waals surface area contributed by atoms with Gasteiger partial charge in [0, 0.05) is 26.2 Å². The van der Waals surface area contributed by atoms with E-state index < -0.39 is 0 Å². The molecule has 2 aliphatic rings. The summed E-state index contributed by atoms with van der Waals surface area (Å²) >= 11 is 0. The Morgan fingerprint density at radius 2 is 1.91 bits per heavy atom. The summed E-state index contributed by atoms with van der Waals surface area (Å²) in [5.41, 5.74) is 1.24. The van der Waals surface area contributed by atoms with Crippen molar-refractivity contribution < 1.29 is 4.74 Å². The van der Waals surface area contributed by atoms with Crippen LogP contribution in [-0.2, 0) is 6.54 Å². The first-order valence-corrected chi connectivity index (χ1v) is 8.36. The predicted octanol–water partition coefficient (Wildman–Crippen LogP) is 2.22. The van der Waals surface area contributed by atoms with Crippen molar-refractivity contribution >= 4 is 29.9 Å². The Balaban J connectivity index is 0.00000192. The van der Waals surface area contributed by atoms with Crippen molar-refractivity contribution in [3.63, 3.8) is 0 Å². The predicted molar refractivity (Wildman–Crippen MR) is 105 cm³/mol. The van der Waals surface area contributed by atoms with Gasteiger partial charge in [0.2, 0.25) is 0 Å². The second kappa shape index (κ2) is 9.97. The zero-order valence-electron chi connectivity index (χ0n) is 13.6. The van der Waals surface area contributed by atoms with E-state index in [1.807, 2.05) is 0 Å². The van der Waals surface area contributed by atoms with Gasteiger partial charge in [-0.2, -0.15) is 0 Å². The second-order valence-electron chi connectivity index (χ2n) is 5.91. The molecule has 0 saturated carbocycles. The third-order valence-corrected chi connectivity index (χ3v) is 4.16. The van der Waals surface area contributed by atoms with Gasteiger partial charge in [-0.25, -0.2) is 0 Å². The number of nitrogens with zero attached hydrogens (tertiary/aromatic N) is 2. The van der Waals surface area contributed by atoms with Crippen molar-refractivity contribution in [3.8, 4) is 5.75 Å². The number of aliphatic imine (C=N–C) groups is 1. The fraction of sp³-hybridized carbons (Fsp3) is 0.588. The molecule has 0 amide bonds. The number of likely N-dealkylation sites (tertiary alicyclic amines) is 1. The second-order valence-corrected chi connectivity index (χ2v) is 5.91. The van der Waals surface area contributed by atoms with Crippen LogP contribution in [0.3, 0.4) is 0 Å². The first-order chi connectivity index (χ1) is 10.9. The van der Waals surface area contributed by atoms with E-state index in [0.717, 1.165) is 50.9 Å². The number of halogens is 1. The molecule has 2 N–H and O–H groups in total. The average molecular weight is 430 g/mol. The maximum atomic E-state index is 5.82. The molecule has 1 aromatic carbocycles. The highest BCUT2D eigenvalue weighted by Gasteiger charge is 2.10. The van der Waals surface area contributed by atoms with E-state index in [1.54, 1.807) is 0 Å². The third kappa shape index (κ3) is 6.18. The Morgan fingerprint density at radius 3 is 2.61 bits per heavy atom. The first kappa shape index (κ1) is 18.3. The Kier molecular flexibility index (Phi) is 7.94. The van der Waals surface area contributed by atoms with Crippen LogP contribution in [0.5, 0.6) is 5.75 Å². The summed E-state index contributed by atoms with van der Waals surface area (Å²) in [6, 6.07) is 8.33. The van der Waals surface area contributed by atoms with Crippen molar-refractivity contribution in [3.05, 3.63) is 29.8 Å². The van der Waals surface area contributed by atoms with Gasteiger partial charge in [0.15, 0.2) is 5.96 Å². The molecule has 0 bridgehead atoms. The van der Waals surface area contributed by atoms with Gasteiger partial charge in [-0.1, -0.05) is 12.1 Å². The van der Waals surface area contributed by atoms with Crippen molar-refractivity contribution in [2.45, 2.75) is 25.8 Å². The van der Waals surface area contributed by atoms with Gasteiger partial charge in [-0.3, -0.25) is 9.89 Å². The first-order valence-electron chi connectivity index (χ1n) is 8.36. The SMILES string of the molecule is I.c1cc(OCCN2CCCC2)ccc1CNC1=NCCCN1. The smallest absolute Gasteiger partial charge is 0.191 e. The van der Waals surface area contributed by atoms with E-state index >= 15 is 0 Å². The summed E-state index contributed by atoms with van der Waals surface area (Å²) in [5, 5.41) is 6.59. The lowest BCUT2D eigenvalue weighted by Gasteiger charge is -2.16.